The van der Waals surface area contributed by atoms with E-state index in [9.17, 15) is 9.59 Å². The molecule has 0 bridgehead atoms. The molecular weight excluding hydrogens is 380 g/mol. The summed E-state index contributed by atoms with van der Waals surface area (Å²) < 4.78 is 6.15. The molecule has 1 atom stereocenters. The fraction of sp³-hybridized carbons (Fsp3) is 0.200. The standard InChI is InChI=1S/C20H19ClN4O3/c1-12-5-4-6-16(21)18(12)24-19(26)13(2)25-20(27)23-17(11-22-25)14-7-9-15(28-3)10-8-14/h4-11,13H,1-3H3,(H,24,26)/t13-/m1/s1. The fourth-order valence-electron chi connectivity index (χ4n) is 2.64. The predicted octanol–water partition coefficient (Wildman–Crippen LogP) is 3.48. The maximum atomic E-state index is 12.6. The maximum absolute atomic E-state index is 12.6. The van der Waals surface area contributed by atoms with Crippen LogP contribution in [-0.4, -0.2) is 27.8 Å². The van der Waals surface area contributed by atoms with Gasteiger partial charge < -0.3 is 10.1 Å². The predicted molar refractivity (Wildman–Crippen MR) is 108 cm³/mol. The number of aromatic nitrogens is 3. The van der Waals surface area contributed by atoms with Crippen molar-refractivity contribution >= 4 is 23.2 Å². The second-order valence-electron chi connectivity index (χ2n) is 6.19. The number of hydrogen-bond donors (Lipinski definition) is 1. The van der Waals surface area contributed by atoms with E-state index < -0.39 is 17.6 Å². The highest BCUT2D eigenvalue weighted by molar-refractivity contribution is 6.34. The summed E-state index contributed by atoms with van der Waals surface area (Å²) >= 11 is 6.15. The summed E-state index contributed by atoms with van der Waals surface area (Å²) in [5, 5.41) is 7.30. The lowest BCUT2D eigenvalue weighted by atomic mass is 10.1. The van der Waals surface area contributed by atoms with Gasteiger partial charge in [-0.05, 0) is 49.7 Å². The first-order valence-corrected chi connectivity index (χ1v) is 8.94. The highest BCUT2D eigenvalue weighted by atomic mass is 35.5. The molecule has 0 saturated heterocycles. The van der Waals surface area contributed by atoms with Crippen LogP contribution in [0.3, 0.4) is 0 Å². The van der Waals surface area contributed by atoms with E-state index in [0.29, 0.717) is 22.2 Å². The van der Waals surface area contributed by atoms with E-state index in [-0.39, 0.29) is 0 Å². The minimum absolute atomic E-state index is 0.412. The van der Waals surface area contributed by atoms with E-state index >= 15 is 0 Å². The molecule has 2 aromatic carbocycles. The molecule has 3 aromatic rings. The van der Waals surface area contributed by atoms with Gasteiger partial charge in [0.05, 0.1) is 29.7 Å². The Morgan fingerprint density at radius 1 is 1.21 bits per heavy atom. The summed E-state index contributed by atoms with van der Waals surface area (Å²) in [6.45, 7) is 3.41. The van der Waals surface area contributed by atoms with Crippen LogP contribution < -0.4 is 15.7 Å². The number of amides is 1. The van der Waals surface area contributed by atoms with Crippen LogP contribution in [0.1, 0.15) is 18.5 Å². The Kier molecular flexibility index (Phi) is 5.75. The molecule has 0 fully saturated rings. The number of nitrogens with one attached hydrogen (secondary N) is 1. The number of para-hydroxylation sites is 1. The Balaban J connectivity index is 1.83. The third kappa shape index (κ3) is 4.04. The van der Waals surface area contributed by atoms with Crippen molar-refractivity contribution in [3.8, 4) is 17.0 Å². The van der Waals surface area contributed by atoms with Gasteiger partial charge in [-0.2, -0.15) is 10.1 Å². The number of methoxy groups -OCH3 is 1. The number of nitrogens with zero attached hydrogens (tertiary/aromatic N) is 3. The molecule has 0 aliphatic carbocycles. The number of aryl methyl sites for hydroxylation is 1. The van der Waals surface area contributed by atoms with Crippen LogP contribution in [0.15, 0.2) is 53.5 Å². The van der Waals surface area contributed by atoms with E-state index in [2.05, 4.69) is 15.4 Å². The van der Waals surface area contributed by atoms with Crippen molar-refractivity contribution in [1.29, 1.82) is 0 Å². The number of hydrogen-bond acceptors (Lipinski definition) is 5. The van der Waals surface area contributed by atoms with Gasteiger partial charge in [-0.25, -0.2) is 9.48 Å². The number of halogens is 1. The lowest BCUT2D eigenvalue weighted by Gasteiger charge is -2.16. The van der Waals surface area contributed by atoms with Crippen LogP contribution in [0.4, 0.5) is 5.69 Å². The molecule has 144 valence electrons. The van der Waals surface area contributed by atoms with E-state index in [0.717, 1.165) is 15.8 Å². The molecule has 0 aliphatic rings. The Bertz CT molecular complexity index is 1040. The molecule has 8 heteroatoms. The van der Waals surface area contributed by atoms with Gasteiger partial charge in [0.25, 0.3) is 0 Å². The fourth-order valence-corrected chi connectivity index (χ4v) is 2.91. The number of carbonyl (C=O) groups is 1. The first-order chi connectivity index (χ1) is 13.4. The van der Waals surface area contributed by atoms with Crippen LogP contribution in [0.2, 0.25) is 5.02 Å². The van der Waals surface area contributed by atoms with Crippen LogP contribution in [0, 0.1) is 6.92 Å². The van der Waals surface area contributed by atoms with Crippen molar-refractivity contribution in [2.75, 3.05) is 12.4 Å². The molecule has 28 heavy (non-hydrogen) atoms. The molecule has 1 N–H and O–H groups in total. The zero-order valence-electron chi connectivity index (χ0n) is 15.6. The average molecular weight is 399 g/mol. The van der Waals surface area contributed by atoms with Crippen LogP contribution in [0.25, 0.3) is 11.3 Å². The smallest absolute Gasteiger partial charge is 0.365 e. The van der Waals surface area contributed by atoms with Gasteiger partial charge in [-0.1, -0.05) is 23.7 Å². The summed E-state index contributed by atoms with van der Waals surface area (Å²) in [6.07, 6.45) is 1.45. The van der Waals surface area contributed by atoms with Crippen LogP contribution >= 0.6 is 11.6 Å². The lowest BCUT2D eigenvalue weighted by molar-refractivity contribution is -0.119. The van der Waals surface area contributed by atoms with Gasteiger partial charge in [0.15, 0.2) is 0 Å². The third-order valence-corrected chi connectivity index (χ3v) is 4.63. The van der Waals surface area contributed by atoms with Gasteiger partial charge in [0, 0.05) is 5.56 Å². The topological polar surface area (TPSA) is 86.1 Å². The molecule has 0 aliphatic heterocycles. The van der Waals surface area contributed by atoms with Gasteiger partial charge in [-0.3, -0.25) is 4.79 Å². The summed E-state index contributed by atoms with van der Waals surface area (Å²) in [6, 6.07) is 11.6. The summed E-state index contributed by atoms with van der Waals surface area (Å²) in [5.74, 6) is 0.287. The maximum Gasteiger partial charge on any atom is 0.365 e. The average Bonchev–Trinajstić information content (AvgIpc) is 2.70. The van der Waals surface area contributed by atoms with Crippen molar-refractivity contribution in [2.45, 2.75) is 19.9 Å². The van der Waals surface area contributed by atoms with Crippen molar-refractivity contribution in [2.24, 2.45) is 0 Å². The van der Waals surface area contributed by atoms with Crippen LogP contribution in [-0.2, 0) is 4.79 Å². The quantitative estimate of drug-likeness (QED) is 0.711. The van der Waals surface area contributed by atoms with Gasteiger partial charge in [0.1, 0.15) is 11.8 Å². The largest absolute Gasteiger partial charge is 0.497 e. The zero-order valence-corrected chi connectivity index (χ0v) is 16.4. The SMILES string of the molecule is COc1ccc(-c2cnn([C@H](C)C(=O)Nc3c(C)cccc3Cl)c(=O)n2)cc1. The normalized spacial score (nSPS) is 11.7. The molecule has 7 nitrogen and oxygen atoms in total. The van der Waals surface area contributed by atoms with Crippen molar-refractivity contribution in [1.82, 2.24) is 14.8 Å². The van der Waals surface area contributed by atoms with E-state index in [1.165, 1.54) is 6.20 Å². The first kappa shape index (κ1) is 19.6. The monoisotopic (exact) mass is 398 g/mol. The van der Waals surface area contributed by atoms with Gasteiger partial charge in [0.2, 0.25) is 5.91 Å². The number of carbonyl (C=O) groups excluding carboxylic acids is 1. The number of anilines is 1. The minimum atomic E-state index is -0.861. The lowest BCUT2D eigenvalue weighted by Crippen LogP contribution is -2.35. The Morgan fingerprint density at radius 3 is 2.54 bits per heavy atom. The molecular formula is C20H19ClN4O3. The van der Waals surface area contributed by atoms with Crippen molar-refractivity contribution < 1.29 is 9.53 Å². The van der Waals surface area contributed by atoms with Crippen molar-refractivity contribution in [3.63, 3.8) is 0 Å². The summed E-state index contributed by atoms with van der Waals surface area (Å²) in [7, 11) is 1.58. The number of rotatable bonds is 5. The Hall–Kier alpha value is -3.19. The van der Waals surface area contributed by atoms with E-state index in [1.807, 2.05) is 13.0 Å². The molecule has 1 heterocycles. The Labute approximate surface area is 166 Å². The number of ether oxygens (including phenoxy) is 1. The van der Waals surface area contributed by atoms with Crippen LogP contribution in [0.5, 0.6) is 5.75 Å². The summed E-state index contributed by atoms with van der Waals surface area (Å²) in [5.41, 5.74) is 1.85. The Morgan fingerprint density at radius 2 is 1.93 bits per heavy atom. The summed E-state index contributed by atoms with van der Waals surface area (Å²) in [4.78, 5) is 29.1. The van der Waals surface area contributed by atoms with Crippen molar-refractivity contribution in [3.05, 3.63) is 69.7 Å². The molecule has 0 spiro atoms. The molecule has 1 amide bonds. The first-order valence-electron chi connectivity index (χ1n) is 8.57. The second kappa shape index (κ2) is 8.22. The third-order valence-electron chi connectivity index (χ3n) is 4.32. The highest BCUT2D eigenvalue weighted by Crippen LogP contribution is 2.26. The van der Waals surface area contributed by atoms with E-state index in [1.54, 1.807) is 50.4 Å². The molecule has 0 radical (unpaired) electrons. The van der Waals surface area contributed by atoms with Gasteiger partial charge in [-0.15, -0.1) is 0 Å². The van der Waals surface area contributed by atoms with Gasteiger partial charge >= 0.3 is 5.69 Å². The number of benzene rings is 2. The molecule has 1 aromatic heterocycles. The van der Waals surface area contributed by atoms with E-state index in [4.69, 9.17) is 16.3 Å². The molecule has 0 unspecified atom stereocenters. The molecule has 3 rings (SSSR count). The molecule has 0 saturated carbocycles. The highest BCUT2D eigenvalue weighted by Gasteiger charge is 2.20. The zero-order chi connectivity index (χ0) is 20.3. The second-order valence-corrected chi connectivity index (χ2v) is 6.60. The minimum Gasteiger partial charge on any atom is -0.497 e.